The highest BCUT2D eigenvalue weighted by Gasteiger charge is 2.39. The van der Waals surface area contributed by atoms with Crippen LogP contribution in [0.1, 0.15) is 24.8 Å². The van der Waals surface area contributed by atoms with Crippen LogP contribution in [0.4, 0.5) is 0 Å². The quantitative estimate of drug-likeness (QED) is 0.774. The molecule has 1 aliphatic rings. The number of nitrogens with one attached hydrogen (secondary N) is 1. The standard InChI is InChI=1S/C21H21N3O/c25-20(23-21(12-7-13-21)19-10-5-2-6-11-19)16-24-15-18(14-22-24)17-8-3-1-4-9-17/h1-6,8-11,14-15H,7,12-13,16H2,(H,23,25). The van der Waals surface area contributed by atoms with Gasteiger partial charge in [0.1, 0.15) is 6.54 Å². The molecule has 1 aromatic heterocycles. The minimum atomic E-state index is -0.201. The number of carbonyl (C=O) groups excluding carboxylic acids is 1. The molecule has 3 aromatic rings. The first kappa shape index (κ1) is 15.6. The fraction of sp³-hybridized carbons (Fsp3) is 0.238. The van der Waals surface area contributed by atoms with Gasteiger partial charge in [0, 0.05) is 11.8 Å². The monoisotopic (exact) mass is 331 g/mol. The van der Waals surface area contributed by atoms with Gasteiger partial charge in [-0.15, -0.1) is 0 Å². The number of hydrogen-bond acceptors (Lipinski definition) is 2. The largest absolute Gasteiger partial charge is 0.345 e. The Morgan fingerprint density at radius 1 is 1.00 bits per heavy atom. The van der Waals surface area contributed by atoms with Crippen LogP contribution in [0, 0.1) is 0 Å². The van der Waals surface area contributed by atoms with E-state index in [0.717, 1.165) is 30.4 Å². The molecule has 4 rings (SSSR count). The summed E-state index contributed by atoms with van der Waals surface area (Å²) in [7, 11) is 0. The van der Waals surface area contributed by atoms with Crippen molar-refractivity contribution in [2.45, 2.75) is 31.3 Å². The summed E-state index contributed by atoms with van der Waals surface area (Å²) in [5.41, 5.74) is 3.12. The molecule has 0 unspecified atom stereocenters. The summed E-state index contributed by atoms with van der Waals surface area (Å²) in [6, 6.07) is 20.3. The van der Waals surface area contributed by atoms with Crippen molar-refractivity contribution >= 4 is 5.91 Å². The molecule has 1 amide bonds. The minimum Gasteiger partial charge on any atom is -0.345 e. The fourth-order valence-corrected chi connectivity index (χ4v) is 3.46. The minimum absolute atomic E-state index is 0.00580. The second kappa shape index (κ2) is 6.55. The molecule has 1 N–H and O–H groups in total. The van der Waals surface area contributed by atoms with Gasteiger partial charge in [-0.1, -0.05) is 60.7 Å². The van der Waals surface area contributed by atoms with Crippen LogP contribution in [0.5, 0.6) is 0 Å². The van der Waals surface area contributed by atoms with Crippen molar-refractivity contribution in [1.29, 1.82) is 0 Å². The fourth-order valence-electron chi connectivity index (χ4n) is 3.46. The first-order chi connectivity index (χ1) is 12.3. The molecule has 0 aliphatic heterocycles. The van der Waals surface area contributed by atoms with Crippen molar-refractivity contribution in [2.75, 3.05) is 0 Å². The van der Waals surface area contributed by atoms with Gasteiger partial charge in [0.25, 0.3) is 0 Å². The molecule has 1 heterocycles. The zero-order chi connectivity index (χ0) is 17.1. The molecule has 0 saturated heterocycles. The van der Waals surface area contributed by atoms with E-state index in [1.807, 2.05) is 54.7 Å². The van der Waals surface area contributed by atoms with Crippen LogP contribution in [0.25, 0.3) is 11.1 Å². The number of carbonyl (C=O) groups is 1. The van der Waals surface area contributed by atoms with Gasteiger partial charge in [0.15, 0.2) is 0 Å². The van der Waals surface area contributed by atoms with Crippen LogP contribution >= 0.6 is 0 Å². The molecule has 25 heavy (non-hydrogen) atoms. The lowest BCUT2D eigenvalue weighted by Gasteiger charge is -2.43. The molecule has 4 heteroatoms. The van der Waals surface area contributed by atoms with E-state index >= 15 is 0 Å². The lowest BCUT2D eigenvalue weighted by Crippen LogP contribution is -2.51. The lowest BCUT2D eigenvalue weighted by molar-refractivity contribution is -0.125. The third kappa shape index (κ3) is 3.20. The Labute approximate surface area is 147 Å². The van der Waals surface area contributed by atoms with Crippen LogP contribution in [0.3, 0.4) is 0 Å². The first-order valence-corrected chi connectivity index (χ1v) is 8.70. The van der Waals surface area contributed by atoms with E-state index in [1.54, 1.807) is 10.9 Å². The second-order valence-electron chi connectivity index (χ2n) is 6.64. The van der Waals surface area contributed by atoms with E-state index in [2.05, 4.69) is 22.5 Å². The SMILES string of the molecule is O=C(Cn1cc(-c2ccccc2)cn1)NC1(c2ccccc2)CCC1. The number of rotatable bonds is 5. The van der Waals surface area contributed by atoms with Gasteiger partial charge in [0.05, 0.1) is 11.7 Å². The maximum absolute atomic E-state index is 12.6. The van der Waals surface area contributed by atoms with E-state index in [9.17, 15) is 4.79 Å². The van der Waals surface area contributed by atoms with Gasteiger partial charge in [-0.3, -0.25) is 9.48 Å². The maximum Gasteiger partial charge on any atom is 0.242 e. The van der Waals surface area contributed by atoms with Crippen LogP contribution < -0.4 is 5.32 Å². The van der Waals surface area contributed by atoms with E-state index < -0.39 is 0 Å². The van der Waals surface area contributed by atoms with Gasteiger partial charge in [-0.05, 0) is 30.4 Å². The third-order valence-corrected chi connectivity index (χ3v) is 4.96. The van der Waals surface area contributed by atoms with Crippen LogP contribution in [0.2, 0.25) is 0 Å². The van der Waals surface area contributed by atoms with Crippen molar-refractivity contribution in [3.8, 4) is 11.1 Å². The smallest absolute Gasteiger partial charge is 0.242 e. The molecule has 0 bridgehead atoms. The number of amides is 1. The maximum atomic E-state index is 12.6. The molecule has 1 saturated carbocycles. The summed E-state index contributed by atoms with van der Waals surface area (Å²) in [6.45, 7) is 0.238. The van der Waals surface area contributed by atoms with Gasteiger partial charge >= 0.3 is 0 Å². The van der Waals surface area contributed by atoms with E-state index in [1.165, 1.54) is 5.56 Å². The Bertz CT molecular complexity index is 851. The molecular formula is C21H21N3O. The highest BCUT2D eigenvalue weighted by atomic mass is 16.2. The third-order valence-electron chi connectivity index (χ3n) is 4.96. The highest BCUT2D eigenvalue weighted by molar-refractivity contribution is 5.77. The van der Waals surface area contributed by atoms with Crippen LogP contribution in [-0.4, -0.2) is 15.7 Å². The van der Waals surface area contributed by atoms with Crippen LogP contribution in [-0.2, 0) is 16.9 Å². The first-order valence-electron chi connectivity index (χ1n) is 8.70. The van der Waals surface area contributed by atoms with Crippen molar-refractivity contribution in [3.63, 3.8) is 0 Å². The lowest BCUT2D eigenvalue weighted by atomic mass is 9.72. The molecule has 126 valence electrons. The topological polar surface area (TPSA) is 46.9 Å². The molecule has 1 aliphatic carbocycles. The van der Waals surface area contributed by atoms with Gasteiger partial charge in [-0.2, -0.15) is 5.10 Å². The summed E-state index contributed by atoms with van der Waals surface area (Å²) in [5, 5.41) is 7.58. The molecule has 2 aromatic carbocycles. The molecule has 0 radical (unpaired) electrons. The van der Waals surface area contributed by atoms with Crippen molar-refractivity contribution in [3.05, 3.63) is 78.6 Å². The predicted octanol–water partition coefficient (Wildman–Crippen LogP) is 3.75. The Kier molecular flexibility index (Phi) is 4.10. The summed E-state index contributed by atoms with van der Waals surface area (Å²) < 4.78 is 1.70. The molecule has 0 spiro atoms. The van der Waals surface area contributed by atoms with E-state index in [0.29, 0.717) is 0 Å². The summed E-state index contributed by atoms with van der Waals surface area (Å²) in [4.78, 5) is 12.6. The zero-order valence-corrected chi connectivity index (χ0v) is 14.1. The number of benzene rings is 2. The molecule has 0 atom stereocenters. The Balaban J connectivity index is 1.45. The average molecular weight is 331 g/mol. The molecule has 4 nitrogen and oxygen atoms in total. The van der Waals surface area contributed by atoms with E-state index in [-0.39, 0.29) is 18.0 Å². The van der Waals surface area contributed by atoms with Gasteiger partial charge in [0.2, 0.25) is 5.91 Å². The molecule has 1 fully saturated rings. The summed E-state index contributed by atoms with van der Waals surface area (Å²) in [5.74, 6) is 0.00580. The summed E-state index contributed by atoms with van der Waals surface area (Å²) >= 11 is 0. The molecular weight excluding hydrogens is 310 g/mol. The zero-order valence-electron chi connectivity index (χ0n) is 14.1. The Morgan fingerprint density at radius 2 is 1.68 bits per heavy atom. The predicted molar refractivity (Wildman–Crippen MR) is 97.8 cm³/mol. The van der Waals surface area contributed by atoms with E-state index in [4.69, 9.17) is 0 Å². The number of aromatic nitrogens is 2. The summed E-state index contributed by atoms with van der Waals surface area (Å²) in [6.07, 6.45) is 6.87. The van der Waals surface area contributed by atoms with Crippen LogP contribution in [0.15, 0.2) is 73.1 Å². The Morgan fingerprint density at radius 3 is 2.32 bits per heavy atom. The number of nitrogens with zero attached hydrogens (tertiary/aromatic N) is 2. The van der Waals surface area contributed by atoms with Crippen molar-refractivity contribution in [2.24, 2.45) is 0 Å². The number of hydrogen-bond donors (Lipinski definition) is 1. The normalized spacial score (nSPS) is 15.4. The van der Waals surface area contributed by atoms with Gasteiger partial charge in [-0.25, -0.2) is 0 Å². The van der Waals surface area contributed by atoms with Gasteiger partial charge < -0.3 is 5.32 Å². The average Bonchev–Trinajstić information content (AvgIpc) is 3.08. The second-order valence-corrected chi connectivity index (χ2v) is 6.64. The van der Waals surface area contributed by atoms with Crippen molar-refractivity contribution < 1.29 is 4.79 Å². The highest BCUT2D eigenvalue weighted by Crippen LogP contribution is 2.41. The van der Waals surface area contributed by atoms with Crippen molar-refractivity contribution in [1.82, 2.24) is 15.1 Å². The Hall–Kier alpha value is -2.88.